The van der Waals surface area contributed by atoms with Crippen LogP contribution in [0.25, 0.3) is 5.69 Å². The highest BCUT2D eigenvalue weighted by molar-refractivity contribution is 5.46. The molecular weight excluding hydrogens is 304 g/mol. The number of ether oxygens (including phenoxy) is 1. The van der Waals surface area contributed by atoms with Crippen molar-refractivity contribution in [1.29, 1.82) is 0 Å². The van der Waals surface area contributed by atoms with Crippen LogP contribution in [0.15, 0.2) is 36.7 Å². The second-order valence-corrected chi connectivity index (χ2v) is 6.35. The number of hydrogen-bond acceptors (Lipinski definition) is 5. The predicted octanol–water partition coefficient (Wildman–Crippen LogP) is 1.38. The van der Waals surface area contributed by atoms with Crippen molar-refractivity contribution in [2.24, 2.45) is 0 Å². The highest BCUT2D eigenvalue weighted by Crippen LogP contribution is 2.22. The van der Waals surface area contributed by atoms with E-state index in [1.807, 2.05) is 35.1 Å². The van der Waals surface area contributed by atoms with Gasteiger partial charge in [-0.05, 0) is 25.6 Å². The van der Waals surface area contributed by atoms with Gasteiger partial charge in [-0.25, -0.2) is 4.68 Å². The SMILES string of the molecule is COc1ccccc1-n1cc(CN2CCN(C)C(CCO)C2)cn1. The molecule has 1 atom stereocenters. The lowest BCUT2D eigenvalue weighted by molar-refractivity contribution is 0.0743. The van der Waals surface area contributed by atoms with Crippen LogP contribution in [0.1, 0.15) is 12.0 Å². The molecule has 1 fully saturated rings. The quantitative estimate of drug-likeness (QED) is 0.867. The van der Waals surface area contributed by atoms with Gasteiger partial charge < -0.3 is 14.7 Å². The molecule has 0 amide bonds. The maximum Gasteiger partial charge on any atom is 0.144 e. The van der Waals surface area contributed by atoms with Crippen LogP contribution in [-0.2, 0) is 6.54 Å². The Morgan fingerprint density at radius 3 is 2.92 bits per heavy atom. The van der Waals surface area contributed by atoms with Crippen LogP contribution in [0.4, 0.5) is 0 Å². The standard InChI is InChI=1S/C18H26N4O2/c1-20-8-9-21(14-16(20)7-10-23)12-15-11-19-22(13-15)17-5-3-4-6-18(17)24-2/h3-6,11,13,16,23H,7-10,12,14H2,1-2H3. The monoisotopic (exact) mass is 330 g/mol. The number of aromatic nitrogens is 2. The topological polar surface area (TPSA) is 53.8 Å². The normalized spacial score (nSPS) is 19.5. The van der Waals surface area contributed by atoms with Gasteiger partial charge in [0.05, 0.1) is 13.3 Å². The summed E-state index contributed by atoms with van der Waals surface area (Å²) in [7, 11) is 3.81. The van der Waals surface area contributed by atoms with E-state index in [0.29, 0.717) is 6.04 Å². The number of aliphatic hydroxyl groups excluding tert-OH is 1. The first-order valence-electron chi connectivity index (χ1n) is 8.41. The molecule has 1 aromatic heterocycles. The van der Waals surface area contributed by atoms with Crippen molar-refractivity contribution >= 4 is 0 Å². The second kappa shape index (κ2) is 7.79. The molecule has 1 aromatic carbocycles. The molecule has 1 unspecified atom stereocenters. The van der Waals surface area contributed by atoms with E-state index in [1.54, 1.807) is 7.11 Å². The van der Waals surface area contributed by atoms with Crippen LogP contribution in [0.5, 0.6) is 5.75 Å². The van der Waals surface area contributed by atoms with Crippen LogP contribution in [0, 0.1) is 0 Å². The van der Waals surface area contributed by atoms with Crippen LogP contribution in [0.3, 0.4) is 0 Å². The van der Waals surface area contributed by atoms with Gasteiger partial charge in [-0.3, -0.25) is 4.90 Å². The molecule has 6 heteroatoms. The van der Waals surface area contributed by atoms with Gasteiger partial charge >= 0.3 is 0 Å². The van der Waals surface area contributed by atoms with E-state index < -0.39 is 0 Å². The van der Waals surface area contributed by atoms with E-state index in [2.05, 4.69) is 28.1 Å². The lowest BCUT2D eigenvalue weighted by Gasteiger charge is -2.39. The number of aliphatic hydroxyl groups is 1. The molecule has 2 aromatic rings. The molecule has 0 aliphatic carbocycles. The average molecular weight is 330 g/mol. The molecule has 1 aliphatic rings. The van der Waals surface area contributed by atoms with E-state index in [1.165, 1.54) is 5.56 Å². The summed E-state index contributed by atoms with van der Waals surface area (Å²) in [4.78, 5) is 4.77. The number of hydrogen-bond donors (Lipinski definition) is 1. The van der Waals surface area contributed by atoms with Gasteiger partial charge in [0.2, 0.25) is 0 Å². The lowest BCUT2D eigenvalue weighted by Crippen LogP contribution is -2.51. The number of para-hydroxylation sites is 2. The fourth-order valence-corrected chi connectivity index (χ4v) is 3.27. The molecule has 0 bridgehead atoms. The molecule has 1 saturated heterocycles. The van der Waals surface area contributed by atoms with Crippen molar-refractivity contribution in [3.8, 4) is 11.4 Å². The van der Waals surface area contributed by atoms with Gasteiger partial charge in [0.25, 0.3) is 0 Å². The number of methoxy groups -OCH3 is 1. The Morgan fingerprint density at radius 2 is 2.12 bits per heavy atom. The summed E-state index contributed by atoms with van der Waals surface area (Å²) >= 11 is 0. The van der Waals surface area contributed by atoms with Crippen LogP contribution < -0.4 is 4.74 Å². The Kier molecular flexibility index (Phi) is 5.50. The maximum absolute atomic E-state index is 9.22. The van der Waals surface area contributed by atoms with Gasteiger partial charge in [0, 0.05) is 50.6 Å². The Balaban J connectivity index is 1.68. The summed E-state index contributed by atoms with van der Waals surface area (Å²) in [6.07, 6.45) is 4.82. The first kappa shape index (κ1) is 17.0. The molecule has 3 rings (SSSR count). The fraction of sp³-hybridized carbons (Fsp3) is 0.500. The van der Waals surface area contributed by atoms with Crippen LogP contribution >= 0.6 is 0 Å². The van der Waals surface area contributed by atoms with E-state index in [4.69, 9.17) is 4.74 Å². The predicted molar refractivity (Wildman–Crippen MR) is 93.5 cm³/mol. The summed E-state index contributed by atoms with van der Waals surface area (Å²) in [5.74, 6) is 0.815. The third-order valence-corrected chi connectivity index (χ3v) is 4.70. The summed E-state index contributed by atoms with van der Waals surface area (Å²) in [5, 5.41) is 13.7. The van der Waals surface area contributed by atoms with Crippen molar-refractivity contribution in [1.82, 2.24) is 19.6 Å². The largest absolute Gasteiger partial charge is 0.494 e. The zero-order valence-electron chi connectivity index (χ0n) is 14.4. The van der Waals surface area contributed by atoms with Crippen molar-refractivity contribution in [3.63, 3.8) is 0 Å². The van der Waals surface area contributed by atoms with Gasteiger partial charge in [-0.15, -0.1) is 0 Å². The number of benzene rings is 1. The van der Waals surface area contributed by atoms with Crippen molar-refractivity contribution in [2.45, 2.75) is 19.0 Å². The third kappa shape index (κ3) is 3.77. The minimum atomic E-state index is 0.245. The van der Waals surface area contributed by atoms with Gasteiger partial charge in [0.15, 0.2) is 0 Å². The molecule has 0 saturated carbocycles. The van der Waals surface area contributed by atoms with E-state index in [9.17, 15) is 5.11 Å². The fourth-order valence-electron chi connectivity index (χ4n) is 3.27. The first-order chi connectivity index (χ1) is 11.7. The Bertz CT molecular complexity index is 658. The van der Waals surface area contributed by atoms with Gasteiger partial charge in [-0.1, -0.05) is 12.1 Å². The summed E-state index contributed by atoms with van der Waals surface area (Å²) in [6, 6.07) is 8.31. The molecule has 6 nitrogen and oxygen atoms in total. The van der Waals surface area contributed by atoms with E-state index in [0.717, 1.165) is 44.0 Å². The summed E-state index contributed by atoms with van der Waals surface area (Å²) in [5.41, 5.74) is 2.14. The minimum absolute atomic E-state index is 0.245. The zero-order chi connectivity index (χ0) is 16.9. The molecule has 24 heavy (non-hydrogen) atoms. The molecule has 0 radical (unpaired) electrons. The van der Waals surface area contributed by atoms with Gasteiger partial charge in [-0.2, -0.15) is 5.10 Å². The summed E-state index contributed by atoms with van der Waals surface area (Å²) < 4.78 is 7.28. The minimum Gasteiger partial charge on any atom is -0.494 e. The smallest absolute Gasteiger partial charge is 0.144 e. The Labute approximate surface area is 143 Å². The average Bonchev–Trinajstić information content (AvgIpc) is 3.06. The third-order valence-electron chi connectivity index (χ3n) is 4.70. The molecule has 0 spiro atoms. The number of rotatable bonds is 6. The second-order valence-electron chi connectivity index (χ2n) is 6.35. The van der Waals surface area contributed by atoms with Crippen molar-refractivity contribution in [2.75, 3.05) is 40.4 Å². The maximum atomic E-state index is 9.22. The van der Waals surface area contributed by atoms with Crippen molar-refractivity contribution in [3.05, 3.63) is 42.2 Å². The van der Waals surface area contributed by atoms with E-state index >= 15 is 0 Å². The zero-order valence-corrected chi connectivity index (χ0v) is 14.4. The highest BCUT2D eigenvalue weighted by Gasteiger charge is 2.24. The molecule has 2 heterocycles. The van der Waals surface area contributed by atoms with E-state index in [-0.39, 0.29) is 6.61 Å². The van der Waals surface area contributed by atoms with Crippen molar-refractivity contribution < 1.29 is 9.84 Å². The van der Waals surface area contributed by atoms with Crippen LogP contribution in [-0.4, -0.2) is 71.1 Å². The summed E-state index contributed by atoms with van der Waals surface area (Å²) in [6.45, 7) is 4.18. The molecule has 130 valence electrons. The number of piperazine rings is 1. The van der Waals surface area contributed by atoms with Gasteiger partial charge in [0.1, 0.15) is 11.4 Å². The highest BCUT2D eigenvalue weighted by atomic mass is 16.5. The Hall–Kier alpha value is -1.89. The molecular formula is C18H26N4O2. The number of likely N-dealkylation sites (N-methyl/N-ethyl adjacent to an activating group) is 1. The lowest BCUT2D eigenvalue weighted by atomic mass is 10.1. The van der Waals surface area contributed by atoms with Crippen LogP contribution in [0.2, 0.25) is 0 Å². The Morgan fingerprint density at radius 1 is 1.29 bits per heavy atom. The first-order valence-corrected chi connectivity index (χ1v) is 8.41. The number of nitrogens with zero attached hydrogens (tertiary/aromatic N) is 4. The molecule has 1 aliphatic heterocycles. The molecule has 1 N–H and O–H groups in total.